The van der Waals surface area contributed by atoms with E-state index < -0.39 is 0 Å². The van der Waals surface area contributed by atoms with E-state index in [2.05, 4.69) is 26.1 Å². The summed E-state index contributed by atoms with van der Waals surface area (Å²) in [5.74, 6) is -0.153. The van der Waals surface area contributed by atoms with Gasteiger partial charge in [0.25, 0.3) is 0 Å². The van der Waals surface area contributed by atoms with E-state index in [4.69, 9.17) is 0 Å². The first kappa shape index (κ1) is 12.1. The van der Waals surface area contributed by atoms with Gasteiger partial charge in [0.1, 0.15) is 5.82 Å². The molecule has 0 heterocycles. The van der Waals surface area contributed by atoms with Crippen LogP contribution in [0.3, 0.4) is 0 Å². The van der Waals surface area contributed by atoms with Gasteiger partial charge in [-0.05, 0) is 37.8 Å². The first-order valence-corrected chi connectivity index (χ1v) is 5.88. The zero-order valence-corrected chi connectivity index (χ0v) is 10.5. The Morgan fingerprint density at radius 1 is 1.00 bits per heavy atom. The highest BCUT2D eigenvalue weighted by atomic mass is 19.1. The third-order valence-electron chi connectivity index (χ3n) is 2.77. The summed E-state index contributed by atoms with van der Waals surface area (Å²) in [6.45, 7) is 7.13. The van der Waals surface area contributed by atoms with Crippen LogP contribution in [-0.2, 0) is 6.54 Å². The Kier molecular flexibility index (Phi) is 3.16. The van der Waals surface area contributed by atoms with Crippen molar-refractivity contribution in [1.82, 2.24) is 5.32 Å². The first-order chi connectivity index (χ1) is 7.97. The molecular formula is C15H18FN. The molecule has 2 aromatic rings. The Morgan fingerprint density at radius 2 is 1.65 bits per heavy atom. The maximum atomic E-state index is 13.6. The highest BCUT2D eigenvalue weighted by Crippen LogP contribution is 2.22. The molecule has 90 valence electrons. The molecule has 2 aromatic carbocycles. The molecule has 0 atom stereocenters. The van der Waals surface area contributed by atoms with Gasteiger partial charge < -0.3 is 5.32 Å². The van der Waals surface area contributed by atoms with Crippen LogP contribution in [0.25, 0.3) is 10.8 Å². The van der Waals surface area contributed by atoms with Gasteiger partial charge in [-0.1, -0.05) is 30.3 Å². The fourth-order valence-electron chi connectivity index (χ4n) is 1.84. The molecule has 0 radical (unpaired) electrons. The molecule has 0 aliphatic carbocycles. The van der Waals surface area contributed by atoms with Gasteiger partial charge in [0.2, 0.25) is 0 Å². The molecule has 1 nitrogen and oxygen atoms in total. The molecule has 2 rings (SSSR count). The Balaban J connectivity index is 2.38. The zero-order valence-electron chi connectivity index (χ0n) is 10.5. The monoisotopic (exact) mass is 231 g/mol. The van der Waals surface area contributed by atoms with Crippen molar-refractivity contribution in [3.63, 3.8) is 0 Å². The van der Waals surface area contributed by atoms with E-state index in [1.165, 1.54) is 0 Å². The number of hydrogen-bond acceptors (Lipinski definition) is 1. The Morgan fingerprint density at radius 3 is 2.29 bits per heavy atom. The average Bonchev–Trinajstić information content (AvgIpc) is 2.27. The van der Waals surface area contributed by atoms with Crippen LogP contribution < -0.4 is 5.32 Å². The number of benzene rings is 2. The fourth-order valence-corrected chi connectivity index (χ4v) is 1.84. The molecule has 0 unspecified atom stereocenters. The minimum absolute atomic E-state index is 0.0650. The number of nitrogens with one attached hydrogen (secondary N) is 1. The molecule has 0 saturated heterocycles. The molecule has 0 fully saturated rings. The molecule has 0 bridgehead atoms. The van der Waals surface area contributed by atoms with Crippen molar-refractivity contribution in [2.45, 2.75) is 32.9 Å². The first-order valence-electron chi connectivity index (χ1n) is 5.88. The summed E-state index contributed by atoms with van der Waals surface area (Å²) in [6.07, 6.45) is 0. The van der Waals surface area contributed by atoms with Crippen LogP contribution in [0.5, 0.6) is 0 Å². The SMILES string of the molecule is CC(C)(C)NCc1ccc(F)c2ccccc12. The summed E-state index contributed by atoms with van der Waals surface area (Å²) < 4.78 is 13.6. The second-order valence-electron chi connectivity index (χ2n) is 5.36. The van der Waals surface area contributed by atoms with Crippen LogP contribution in [-0.4, -0.2) is 5.54 Å². The van der Waals surface area contributed by atoms with E-state index in [1.807, 2.05) is 30.3 Å². The highest BCUT2D eigenvalue weighted by molar-refractivity contribution is 5.86. The largest absolute Gasteiger partial charge is 0.308 e. The van der Waals surface area contributed by atoms with Gasteiger partial charge in [-0.3, -0.25) is 0 Å². The summed E-state index contributed by atoms with van der Waals surface area (Å²) in [7, 11) is 0. The predicted octanol–water partition coefficient (Wildman–Crippen LogP) is 3.87. The van der Waals surface area contributed by atoms with Crippen LogP contribution in [0.15, 0.2) is 36.4 Å². The molecule has 0 amide bonds. The lowest BCUT2D eigenvalue weighted by Crippen LogP contribution is -2.35. The van der Waals surface area contributed by atoms with E-state index in [0.29, 0.717) is 5.39 Å². The number of halogens is 1. The van der Waals surface area contributed by atoms with Crippen LogP contribution >= 0.6 is 0 Å². The fraction of sp³-hybridized carbons (Fsp3) is 0.333. The Hall–Kier alpha value is -1.41. The maximum Gasteiger partial charge on any atom is 0.131 e. The standard InChI is InChI=1S/C15H18FN/c1-15(2,3)17-10-11-8-9-14(16)13-7-5-4-6-12(11)13/h4-9,17H,10H2,1-3H3. The van der Waals surface area contributed by atoms with E-state index in [-0.39, 0.29) is 11.4 Å². The second-order valence-corrected chi connectivity index (χ2v) is 5.36. The van der Waals surface area contributed by atoms with Crippen LogP contribution in [0, 0.1) is 5.82 Å². The van der Waals surface area contributed by atoms with Gasteiger partial charge in [0, 0.05) is 17.5 Å². The third kappa shape index (κ3) is 2.83. The summed E-state index contributed by atoms with van der Waals surface area (Å²) in [5.41, 5.74) is 1.20. The summed E-state index contributed by atoms with van der Waals surface area (Å²) >= 11 is 0. The van der Waals surface area contributed by atoms with Gasteiger partial charge in [-0.25, -0.2) is 4.39 Å². The Labute approximate surface area is 102 Å². The quantitative estimate of drug-likeness (QED) is 0.827. The molecule has 2 heteroatoms. The maximum absolute atomic E-state index is 13.6. The van der Waals surface area contributed by atoms with Crippen LogP contribution in [0.4, 0.5) is 4.39 Å². The molecule has 0 saturated carbocycles. The van der Waals surface area contributed by atoms with E-state index in [9.17, 15) is 4.39 Å². The van der Waals surface area contributed by atoms with Crippen LogP contribution in [0.1, 0.15) is 26.3 Å². The smallest absolute Gasteiger partial charge is 0.131 e. The van der Waals surface area contributed by atoms with Gasteiger partial charge >= 0.3 is 0 Å². The second kappa shape index (κ2) is 4.46. The number of rotatable bonds is 2. The number of hydrogen-bond donors (Lipinski definition) is 1. The predicted molar refractivity (Wildman–Crippen MR) is 70.5 cm³/mol. The van der Waals surface area contributed by atoms with Crippen molar-refractivity contribution in [3.05, 3.63) is 47.8 Å². The zero-order chi connectivity index (χ0) is 12.5. The van der Waals surface area contributed by atoms with Crippen molar-refractivity contribution in [2.24, 2.45) is 0 Å². The molecule has 17 heavy (non-hydrogen) atoms. The van der Waals surface area contributed by atoms with E-state index in [0.717, 1.165) is 17.5 Å². The summed E-state index contributed by atoms with van der Waals surface area (Å²) in [4.78, 5) is 0. The number of fused-ring (bicyclic) bond motifs is 1. The van der Waals surface area contributed by atoms with Crippen molar-refractivity contribution in [2.75, 3.05) is 0 Å². The lowest BCUT2D eigenvalue weighted by molar-refractivity contribution is 0.425. The minimum Gasteiger partial charge on any atom is -0.308 e. The van der Waals surface area contributed by atoms with Crippen molar-refractivity contribution < 1.29 is 4.39 Å². The van der Waals surface area contributed by atoms with Crippen LogP contribution in [0.2, 0.25) is 0 Å². The van der Waals surface area contributed by atoms with Gasteiger partial charge in [-0.15, -0.1) is 0 Å². The van der Waals surface area contributed by atoms with Gasteiger partial charge in [0.05, 0.1) is 0 Å². The van der Waals surface area contributed by atoms with Gasteiger partial charge in [-0.2, -0.15) is 0 Å². The van der Waals surface area contributed by atoms with Crippen molar-refractivity contribution in [1.29, 1.82) is 0 Å². The third-order valence-corrected chi connectivity index (χ3v) is 2.77. The van der Waals surface area contributed by atoms with Crippen molar-refractivity contribution in [3.8, 4) is 0 Å². The molecule has 0 spiro atoms. The van der Waals surface area contributed by atoms with E-state index >= 15 is 0 Å². The molecule has 0 aromatic heterocycles. The summed E-state index contributed by atoms with van der Waals surface area (Å²) in [6, 6.07) is 11.0. The van der Waals surface area contributed by atoms with E-state index in [1.54, 1.807) is 6.07 Å². The topological polar surface area (TPSA) is 12.0 Å². The van der Waals surface area contributed by atoms with Crippen molar-refractivity contribution >= 4 is 10.8 Å². The molecule has 0 aliphatic rings. The van der Waals surface area contributed by atoms with Gasteiger partial charge in [0.15, 0.2) is 0 Å². The lowest BCUT2D eigenvalue weighted by Gasteiger charge is -2.21. The molecule has 1 N–H and O–H groups in total. The molecule has 0 aliphatic heterocycles. The molecular weight excluding hydrogens is 213 g/mol. The lowest BCUT2D eigenvalue weighted by atomic mass is 10.0. The Bertz CT molecular complexity index is 526. The highest BCUT2D eigenvalue weighted by Gasteiger charge is 2.10. The minimum atomic E-state index is -0.153. The average molecular weight is 231 g/mol. The normalized spacial score (nSPS) is 12.0. The summed E-state index contributed by atoms with van der Waals surface area (Å²) in [5, 5.41) is 5.11.